The largest absolute Gasteiger partial charge is 0.459 e. The molecule has 2 aromatic heterocycles. The zero-order valence-corrected chi connectivity index (χ0v) is 18.6. The lowest BCUT2D eigenvalue weighted by molar-refractivity contribution is -0.155. The molecule has 0 atom stereocenters. The van der Waals surface area contributed by atoms with E-state index in [0.29, 0.717) is 27.6 Å². The maximum absolute atomic E-state index is 12.4. The highest BCUT2D eigenvalue weighted by Gasteiger charge is 2.21. The third kappa shape index (κ3) is 5.58. The number of nitrogens with zero attached hydrogens (tertiary/aromatic N) is 3. The molecule has 8 heteroatoms. The number of aromatic nitrogens is 3. The Morgan fingerprint density at radius 1 is 1.06 bits per heavy atom. The van der Waals surface area contributed by atoms with Crippen molar-refractivity contribution in [3.8, 4) is 17.6 Å². The molecule has 0 saturated carbocycles. The summed E-state index contributed by atoms with van der Waals surface area (Å²) in [4.78, 5) is 44.2. The summed E-state index contributed by atoms with van der Waals surface area (Å²) in [5, 5.41) is 0.588. The van der Waals surface area contributed by atoms with Gasteiger partial charge in [0.05, 0.1) is 16.6 Å². The molecule has 8 nitrogen and oxygen atoms in total. The Kier molecular flexibility index (Phi) is 6.40. The number of esters is 2. The summed E-state index contributed by atoms with van der Waals surface area (Å²) in [6.45, 7) is 7.96. The van der Waals surface area contributed by atoms with Crippen LogP contribution >= 0.6 is 0 Å². The Labute approximate surface area is 185 Å². The number of Topliss-reactive ketones (excluding diaryl/α,β-unsaturated/α-hetero) is 1. The van der Waals surface area contributed by atoms with Crippen molar-refractivity contribution in [2.75, 3.05) is 0 Å². The van der Waals surface area contributed by atoms with Gasteiger partial charge in [-0.1, -0.05) is 11.8 Å². The van der Waals surface area contributed by atoms with E-state index in [1.807, 2.05) is 0 Å². The molecular weight excluding hydrogens is 410 g/mol. The first kappa shape index (κ1) is 22.7. The van der Waals surface area contributed by atoms with Gasteiger partial charge >= 0.3 is 11.9 Å². The Morgan fingerprint density at radius 2 is 1.75 bits per heavy atom. The Balaban J connectivity index is 2.14. The number of ketones is 1. The fourth-order valence-electron chi connectivity index (χ4n) is 3.08. The predicted molar refractivity (Wildman–Crippen MR) is 117 cm³/mol. The van der Waals surface area contributed by atoms with Crippen LogP contribution in [0.2, 0.25) is 0 Å². The standard InChI is InChI=1S/C24H23N3O5/c1-15(28)20-12-27(13-23(30)32-24(3,4)5)21-9-22(31-16(2)29)18(8-19(20)21)7-6-17-10-25-14-26-11-17/h8-12,14H,13H2,1-5H3. The summed E-state index contributed by atoms with van der Waals surface area (Å²) in [6.07, 6.45) is 6.11. The van der Waals surface area contributed by atoms with Crippen molar-refractivity contribution in [1.82, 2.24) is 14.5 Å². The zero-order chi connectivity index (χ0) is 23.5. The molecule has 0 spiro atoms. The summed E-state index contributed by atoms with van der Waals surface area (Å²) in [7, 11) is 0. The molecule has 0 aliphatic carbocycles. The minimum absolute atomic E-state index is 0.104. The van der Waals surface area contributed by atoms with Gasteiger partial charge in [-0.2, -0.15) is 0 Å². The van der Waals surface area contributed by atoms with Crippen molar-refractivity contribution in [3.05, 3.63) is 53.7 Å². The van der Waals surface area contributed by atoms with Gasteiger partial charge in [-0.05, 0) is 33.8 Å². The highest BCUT2D eigenvalue weighted by molar-refractivity contribution is 6.08. The lowest BCUT2D eigenvalue weighted by Gasteiger charge is -2.19. The van der Waals surface area contributed by atoms with E-state index in [0.717, 1.165) is 0 Å². The van der Waals surface area contributed by atoms with Crippen LogP contribution in [-0.4, -0.2) is 37.9 Å². The van der Waals surface area contributed by atoms with Gasteiger partial charge in [0, 0.05) is 42.5 Å². The number of carbonyl (C=O) groups excluding carboxylic acids is 3. The van der Waals surface area contributed by atoms with E-state index in [-0.39, 0.29) is 18.1 Å². The first-order chi connectivity index (χ1) is 15.0. The Hall–Kier alpha value is -3.99. The maximum Gasteiger partial charge on any atom is 0.326 e. The second kappa shape index (κ2) is 9.02. The normalized spacial score (nSPS) is 10.9. The topological polar surface area (TPSA) is 100 Å². The van der Waals surface area contributed by atoms with Gasteiger partial charge in [0.25, 0.3) is 0 Å². The molecule has 3 rings (SSSR count). The Morgan fingerprint density at radius 3 is 2.34 bits per heavy atom. The van der Waals surface area contributed by atoms with Crippen LogP contribution in [0.25, 0.3) is 10.9 Å². The quantitative estimate of drug-likeness (QED) is 0.269. The first-order valence-electron chi connectivity index (χ1n) is 9.88. The van der Waals surface area contributed by atoms with Crippen molar-refractivity contribution in [1.29, 1.82) is 0 Å². The maximum atomic E-state index is 12.4. The SMILES string of the molecule is CC(=O)Oc1cc2c(cc1C#Cc1cncnc1)c(C(C)=O)cn2CC(=O)OC(C)(C)C. The number of hydrogen-bond donors (Lipinski definition) is 0. The molecule has 0 bridgehead atoms. The molecule has 1 aromatic carbocycles. The van der Waals surface area contributed by atoms with Crippen LogP contribution in [0.15, 0.2) is 37.1 Å². The number of fused-ring (bicyclic) bond motifs is 1. The minimum atomic E-state index is -0.643. The molecule has 0 amide bonds. The predicted octanol–water partition coefficient (Wildman–Crippen LogP) is 3.30. The van der Waals surface area contributed by atoms with E-state index in [9.17, 15) is 14.4 Å². The minimum Gasteiger partial charge on any atom is -0.459 e. The summed E-state index contributed by atoms with van der Waals surface area (Å²) in [5.74, 6) is 4.95. The van der Waals surface area contributed by atoms with Crippen LogP contribution < -0.4 is 4.74 Å². The van der Waals surface area contributed by atoms with Crippen LogP contribution in [0, 0.1) is 11.8 Å². The number of hydrogen-bond acceptors (Lipinski definition) is 7. The average Bonchev–Trinajstić information content (AvgIpc) is 3.02. The first-order valence-corrected chi connectivity index (χ1v) is 9.88. The van der Waals surface area contributed by atoms with Crippen LogP contribution in [0.1, 0.15) is 56.1 Å². The van der Waals surface area contributed by atoms with Crippen molar-refractivity contribution in [2.45, 2.75) is 46.8 Å². The van der Waals surface area contributed by atoms with E-state index in [1.54, 1.807) is 56.1 Å². The molecule has 2 heterocycles. The van der Waals surface area contributed by atoms with Crippen molar-refractivity contribution >= 4 is 28.6 Å². The summed E-state index contributed by atoms with van der Waals surface area (Å²) in [5.41, 5.74) is 1.32. The van der Waals surface area contributed by atoms with Crippen molar-refractivity contribution in [3.63, 3.8) is 0 Å². The molecule has 0 N–H and O–H groups in total. The lowest BCUT2D eigenvalue weighted by Crippen LogP contribution is -2.26. The lowest BCUT2D eigenvalue weighted by atomic mass is 10.1. The molecule has 0 saturated heterocycles. The third-order valence-corrected chi connectivity index (χ3v) is 4.24. The van der Waals surface area contributed by atoms with E-state index >= 15 is 0 Å². The number of rotatable bonds is 4. The molecule has 3 aromatic rings. The fraction of sp³-hybridized carbons (Fsp3) is 0.292. The molecular formula is C24H23N3O5. The summed E-state index contributed by atoms with van der Waals surface area (Å²) < 4.78 is 12.4. The van der Waals surface area contributed by atoms with Crippen molar-refractivity contribution in [2.24, 2.45) is 0 Å². The molecule has 0 fully saturated rings. The van der Waals surface area contributed by atoms with Gasteiger partial charge in [-0.15, -0.1) is 0 Å². The highest BCUT2D eigenvalue weighted by atomic mass is 16.6. The number of carbonyl (C=O) groups is 3. The third-order valence-electron chi connectivity index (χ3n) is 4.24. The molecule has 0 aliphatic rings. The van der Waals surface area contributed by atoms with Crippen molar-refractivity contribution < 1.29 is 23.9 Å². The Bertz CT molecular complexity index is 1260. The van der Waals surface area contributed by atoms with Gasteiger partial charge < -0.3 is 14.0 Å². The van der Waals surface area contributed by atoms with Crippen LogP contribution in [0.5, 0.6) is 5.75 Å². The highest BCUT2D eigenvalue weighted by Crippen LogP contribution is 2.30. The second-order valence-electron chi connectivity index (χ2n) is 8.15. The summed E-state index contributed by atoms with van der Waals surface area (Å²) in [6, 6.07) is 3.27. The van der Waals surface area contributed by atoms with Gasteiger partial charge in [-0.3, -0.25) is 14.4 Å². The molecule has 0 radical (unpaired) electrons. The molecule has 32 heavy (non-hydrogen) atoms. The fourth-order valence-corrected chi connectivity index (χ4v) is 3.08. The van der Waals surface area contributed by atoms with E-state index < -0.39 is 17.5 Å². The second-order valence-corrected chi connectivity index (χ2v) is 8.15. The van der Waals surface area contributed by atoms with Gasteiger partial charge in [-0.25, -0.2) is 9.97 Å². The van der Waals surface area contributed by atoms with Gasteiger partial charge in [0.2, 0.25) is 0 Å². The summed E-state index contributed by atoms with van der Waals surface area (Å²) >= 11 is 0. The van der Waals surface area contributed by atoms with E-state index in [2.05, 4.69) is 21.8 Å². The number of benzene rings is 1. The molecule has 0 aliphatic heterocycles. The van der Waals surface area contributed by atoms with Gasteiger partial charge in [0.15, 0.2) is 5.78 Å². The zero-order valence-electron chi connectivity index (χ0n) is 18.6. The monoisotopic (exact) mass is 433 g/mol. The smallest absolute Gasteiger partial charge is 0.326 e. The van der Waals surface area contributed by atoms with Crippen LogP contribution in [-0.2, 0) is 20.9 Å². The average molecular weight is 433 g/mol. The molecule has 164 valence electrons. The van der Waals surface area contributed by atoms with E-state index in [4.69, 9.17) is 9.47 Å². The number of ether oxygens (including phenoxy) is 2. The van der Waals surface area contributed by atoms with Crippen LogP contribution in [0.4, 0.5) is 0 Å². The van der Waals surface area contributed by atoms with E-state index in [1.165, 1.54) is 20.2 Å². The van der Waals surface area contributed by atoms with Crippen LogP contribution in [0.3, 0.4) is 0 Å². The molecule has 0 unspecified atom stereocenters. The van der Waals surface area contributed by atoms with Gasteiger partial charge in [0.1, 0.15) is 24.2 Å².